The summed E-state index contributed by atoms with van der Waals surface area (Å²) in [4.78, 5) is 26.9. The van der Waals surface area contributed by atoms with E-state index in [4.69, 9.17) is 11.5 Å². The van der Waals surface area contributed by atoms with Crippen molar-refractivity contribution in [1.82, 2.24) is 9.88 Å². The van der Waals surface area contributed by atoms with Gasteiger partial charge in [-0.05, 0) is 23.3 Å². The quantitative estimate of drug-likeness (QED) is 0.489. The molecule has 0 atom stereocenters. The van der Waals surface area contributed by atoms with Crippen LogP contribution in [-0.2, 0) is 11.3 Å². The van der Waals surface area contributed by atoms with Gasteiger partial charge in [-0.15, -0.1) is 0 Å². The number of nitrogens with one attached hydrogen (secondary N) is 1. The zero-order valence-electron chi connectivity index (χ0n) is 14.5. The van der Waals surface area contributed by atoms with E-state index in [0.717, 1.165) is 22.5 Å². The molecule has 0 aliphatic rings. The molecular weight excluding hydrogens is 342 g/mol. The predicted molar refractivity (Wildman–Crippen MR) is 105 cm³/mol. The molecule has 0 aliphatic heterocycles. The number of aromatic nitrogens is 1. The summed E-state index contributed by atoms with van der Waals surface area (Å²) in [6, 6.07) is 22.5. The van der Waals surface area contributed by atoms with Crippen LogP contribution in [-0.4, -0.2) is 22.5 Å². The Labute approximate surface area is 156 Å². The van der Waals surface area contributed by atoms with Crippen molar-refractivity contribution >= 4 is 17.9 Å². The molecule has 0 saturated carbocycles. The Morgan fingerprint density at radius 2 is 1.30 bits per heavy atom. The number of rotatable bonds is 4. The molecule has 0 spiro atoms. The van der Waals surface area contributed by atoms with E-state index in [1.165, 1.54) is 0 Å². The van der Waals surface area contributed by atoms with Crippen molar-refractivity contribution in [3.05, 3.63) is 72.8 Å². The maximum absolute atomic E-state index is 12.4. The molecule has 27 heavy (non-hydrogen) atoms. The van der Waals surface area contributed by atoms with E-state index in [0.29, 0.717) is 0 Å². The molecule has 136 valence electrons. The zero-order valence-corrected chi connectivity index (χ0v) is 14.5. The molecule has 1 aromatic heterocycles. The molecule has 0 saturated heterocycles. The van der Waals surface area contributed by atoms with E-state index in [1.54, 1.807) is 0 Å². The number of urea groups is 1. The third-order valence-corrected chi connectivity index (χ3v) is 3.91. The molecule has 3 rings (SSSR count). The fourth-order valence-electron chi connectivity index (χ4n) is 2.82. The molecule has 5 N–H and O–H groups in total. The molecule has 7 nitrogen and oxygen atoms in total. The average molecular weight is 361 g/mol. The van der Waals surface area contributed by atoms with Crippen LogP contribution in [0.25, 0.3) is 22.5 Å². The number of amides is 3. The highest BCUT2D eigenvalue weighted by atomic mass is 16.2. The number of carbonyl (C=O) groups is 2. The summed E-state index contributed by atoms with van der Waals surface area (Å²) in [6.07, 6.45) is 0. The number of nitrogens with two attached hydrogens (primary N) is 2. The molecule has 0 fully saturated rings. The van der Waals surface area contributed by atoms with Gasteiger partial charge >= 0.3 is 6.03 Å². The van der Waals surface area contributed by atoms with Crippen molar-refractivity contribution < 1.29 is 9.59 Å². The number of hydrogen-bond donors (Lipinski definition) is 3. The van der Waals surface area contributed by atoms with Crippen LogP contribution in [0.5, 0.6) is 0 Å². The largest absolute Gasteiger partial charge is 0.369 e. The molecule has 1 heterocycles. The standard InChI is InChI=1S/C20H19N5O2/c21-19(24-20(22)27)23-18(26)13-25-16(14-7-3-1-4-8-14)11-12-17(25)15-9-5-2-6-10-15/h1-12H,13H2,(H5,21,22,23,24,26,27). The fraction of sp³-hybridized carbons (Fsp3) is 0.0500. The van der Waals surface area contributed by atoms with Crippen molar-refractivity contribution in [3.8, 4) is 22.5 Å². The van der Waals surface area contributed by atoms with Gasteiger partial charge in [-0.3, -0.25) is 10.1 Å². The van der Waals surface area contributed by atoms with Crippen LogP contribution >= 0.6 is 0 Å². The van der Waals surface area contributed by atoms with Crippen molar-refractivity contribution in [3.63, 3.8) is 0 Å². The van der Waals surface area contributed by atoms with Gasteiger partial charge in [0.1, 0.15) is 6.54 Å². The lowest BCUT2D eigenvalue weighted by Gasteiger charge is -2.12. The number of primary amides is 1. The Kier molecular flexibility index (Phi) is 5.32. The Hall–Kier alpha value is -3.87. The monoisotopic (exact) mass is 361 g/mol. The second-order valence-corrected chi connectivity index (χ2v) is 5.80. The molecular formula is C20H19N5O2. The average Bonchev–Trinajstić information content (AvgIpc) is 3.05. The summed E-state index contributed by atoms with van der Waals surface area (Å²) in [6.45, 7) is -0.0391. The summed E-state index contributed by atoms with van der Waals surface area (Å²) in [5.74, 6) is -0.839. The van der Waals surface area contributed by atoms with Gasteiger partial charge < -0.3 is 16.0 Å². The van der Waals surface area contributed by atoms with Crippen molar-refractivity contribution in [2.75, 3.05) is 0 Å². The van der Waals surface area contributed by atoms with Gasteiger partial charge in [0, 0.05) is 11.4 Å². The number of aliphatic imine (C=N–C) groups is 1. The maximum atomic E-state index is 12.4. The van der Waals surface area contributed by atoms with Gasteiger partial charge in [0.2, 0.25) is 5.96 Å². The van der Waals surface area contributed by atoms with Crippen molar-refractivity contribution in [2.24, 2.45) is 16.5 Å². The van der Waals surface area contributed by atoms with Crippen LogP contribution in [0, 0.1) is 0 Å². The second kappa shape index (κ2) is 8.01. The lowest BCUT2D eigenvalue weighted by Crippen LogP contribution is -2.40. The number of guanidine groups is 1. The third kappa shape index (κ3) is 4.40. The highest BCUT2D eigenvalue weighted by Gasteiger charge is 2.14. The Balaban J connectivity index is 2.00. The van der Waals surface area contributed by atoms with E-state index in [-0.39, 0.29) is 12.5 Å². The van der Waals surface area contributed by atoms with Crippen molar-refractivity contribution in [1.29, 1.82) is 0 Å². The lowest BCUT2D eigenvalue weighted by molar-refractivity contribution is -0.118. The van der Waals surface area contributed by atoms with Gasteiger partial charge in [0.25, 0.3) is 5.91 Å². The minimum atomic E-state index is -0.875. The first-order valence-corrected chi connectivity index (χ1v) is 8.28. The Bertz CT molecular complexity index is 921. The predicted octanol–water partition coefficient (Wildman–Crippen LogP) is 2.33. The van der Waals surface area contributed by atoms with E-state index in [1.807, 2.05) is 77.4 Å². The lowest BCUT2D eigenvalue weighted by atomic mass is 10.1. The number of benzene rings is 2. The number of carbonyl (C=O) groups excluding carboxylic acids is 2. The highest BCUT2D eigenvalue weighted by Crippen LogP contribution is 2.29. The molecule has 0 aliphatic carbocycles. The summed E-state index contributed by atoms with van der Waals surface area (Å²) in [7, 11) is 0. The van der Waals surface area contributed by atoms with Crippen LogP contribution < -0.4 is 16.8 Å². The molecule has 0 bridgehead atoms. The summed E-state index contributed by atoms with van der Waals surface area (Å²) in [5.41, 5.74) is 14.2. The molecule has 0 radical (unpaired) electrons. The van der Waals surface area contributed by atoms with E-state index < -0.39 is 11.9 Å². The van der Waals surface area contributed by atoms with Gasteiger partial charge in [-0.2, -0.15) is 4.99 Å². The van der Waals surface area contributed by atoms with Crippen LogP contribution in [0.15, 0.2) is 77.8 Å². The highest BCUT2D eigenvalue weighted by molar-refractivity contribution is 6.00. The van der Waals surface area contributed by atoms with Gasteiger partial charge in [-0.1, -0.05) is 60.7 Å². The second-order valence-electron chi connectivity index (χ2n) is 5.80. The maximum Gasteiger partial charge on any atom is 0.318 e. The van der Waals surface area contributed by atoms with Gasteiger partial charge in [0.15, 0.2) is 0 Å². The first-order chi connectivity index (χ1) is 13.0. The van der Waals surface area contributed by atoms with E-state index in [9.17, 15) is 9.59 Å². The topological polar surface area (TPSA) is 116 Å². The third-order valence-electron chi connectivity index (χ3n) is 3.91. The van der Waals surface area contributed by atoms with Crippen molar-refractivity contribution in [2.45, 2.75) is 6.54 Å². The normalized spacial score (nSPS) is 11.2. The first-order valence-electron chi connectivity index (χ1n) is 8.28. The summed E-state index contributed by atoms with van der Waals surface area (Å²) < 4.78 is 1.87. The minimum absolute atomic E-state index is 0.0391. The summed E-state index contributed by atoms with van der Waals surface area (Å²) >= 11 is 0. The molecule has 2 aromatic carbocycles. The number of hydrogen-bond acceptors (Lipinski definition) is 2. The minimum Gasteiger partial charge on any atom is -0.369 e. The Morgan fingerprint density at radius 3 is 1.74 bits per heavy atom. The van der Waals surface area contributed by atoms with Gasteiger partial charge in [0.05, 0.1) is 0 Å². The van der Waals surface area contributed by atoms with Crippen LogP contribution in [0.3, 0.4) is 0 Å². The first kappa shape index (κ1) is 17.9. The summed E-state index contributed by atoms with van der Waals surface area (Å²) in [5, 5.41) is 2.08. The van der Waals surface area contributed by atoms with Crippen LogP contribution in [0.1, 0.15) is 0 Å². The smallest absolute Gasteiger partial charge is 0.318 e. The van der Waals surface area contributed by atoms with E-state index in [2.05, 4.69) is 10.3 Å². The molecule has 7 heteroatoms. The SMILES string of the molecule is NC(=O)NC(N)=NC(=O)Cn1c(-c2ccccc2)ccc1-c1ccccc1. The Morgan fingerprint density at radius 1 is 0.815 bits per heavy atom. The molecule has 0 unspecified atom stereocenters. The van der Waals surface area contributed by atoms with Crippen LogP contribution in [0.4, 0.5) is 4.79 Å². The van der Waals surface area contributed by atoms with Crippen LogP contribution in [0.2, 0.25) is 0 Å². The fourth-order valence-corrected chi connectivity index (χ4v) is 2.82. The molecule has 3 amide bonds. The van der Waals surface area contributed by atoms with E-state index >= 15 is 0 Å². The molecule has 3 aromatic rings. The van der Waals surface area contributed by atoms with Gasteiger partial charge in [-0.25, -0.2) is 4.79 Å². The zero-order chi connectivity index (χ0) is 19.2. The number of nitrogens with zero attached hydrogens (tertiary/aromatic N) is 2.